The predicted octanol–water partition coefficient (Wildman–Crippen LogP) is 1.49. The fourth-order valence-corrected chi connectivity index (χ4v) is 3.60. The molecule has 2 aliphatic heterocycles. The Balaban J connectivity index is 1.58. The van der Waals surface area contributed by atoms with E-state index in [1.807, 2.05) is 19.3 Å². The summed E-state index contributed by atoms with van der Waals surface area (Å²) in [6, 6.07) is 4.14. The van der Waals surface area contributed by atoms with Gasteiger partial charge in [-0.2, -0.15) is 0 Å². The maximum Gasteiger partial charge on any atom is 0.193 e. The van der Waals surface area contributed by atoms with Crippen molar-refractivity contribution in [1.82, 2.24) is 15.2 Å². The van der Waals surface area contributed by atoms with Crippen LogP contribution in [0, 0.1) is 0 Å². The van der Waals surface area contributed by atoms with E-state index in [0.29, 0.717) is 6.10 Å². The quantitative estimate of drug-likeness (QED) is 0.633. The van der Waals surface area contributed by atoms with Gasteiger partial charge in [0.15, 0.2) is 5.96 Å². The summed E-state index contributed by atoms with van der Waals surface area (Å²) in [7, 11) is 1.85. The molecule has 7 heteroatoms. The van der Waals surface area contributed by atoms with Crippen molar-refractivity contribution >= 4 is 11.8 Å². The molecule has 2 fully saturated rings. The topological polar surface area (TPSA) is 62.2 Å². The third-order valence-electron chi connectivity index (χ3n) is 4.97. The zero-order valence-corrected chi connectivity index (χ0v) is 16.0. The number of anilines is 1. The van der Waals surface area contributed by atoms with Gasteiger partial charge in [-0.05, 0) is 25.8 Å². The van der Waals surface area contributed by atoms with E-state index in [2.05, 4.69) is 38.1 Å². The molecule has 26 heavy (non-hydrogen) atoms. The molecule has 0 bridgehead atoms. The van der Waals surface area contributed by atoms with E-state index in [-0.39, 0.29) is 0 Å². The molecule has 3 rings (SSSR count). The van der Waals surface area contributed by atoms with Crippen molar-refractivity contribution < 1.29 is 9.47 Å². The molecule has 0 spiro atoms. The van der Waals surface area contributed by atoms with Crippen LogP contribution in [0.2, 0.25) is 0 Å². The van der Waals surface area contributed by atoms with Crippen LogP contribution in [-0.2, 0) is 16.0 Å². The molecule has 144 valence electrons. The number of piperidine rings is 1. The maximum absolute atomic E-state index is 5.75. The Labute approximate surface area is 156 Å². The zero-order valence-electron chi connectivity index (χ0n) is 16.0. The molecule has 0 saturated carbocycles. The van der Waals surface area contributed by atoms with Gasteiger partial charge in [0.05, 0.1) is 19.3 Å². The average Bonchev–Trinajstić information content (AvgIpc) is 2.71. The van der Waals surface area contributed by atoms with Gasteiger partial charge in [-0.1, -0.05) is 6.07 Å². The Hall–Kier alpha value is -1.86. The molecule has 0 radical (unpaired) electrons. The highest BCUT2D eigenvalue weighted by Crippen LogP contribution is 2.19. The molecule has 2 aliphatic rings. The van der Waals surface area contributed by atoms with Crippen molar-refractivity contribution in [2.45, 2.75) is 32.4 Å². The average molecular weight is 361 g/mol. The third-order valence-corrected chi connectivity index (χ3v) is 4.97. The number of guanidine groups is 1. The molecule has 1 aromatic rings. The minimum absolute atomic E-state index is 0.389. The number of hydrogen-bond acceptors (Lipinski definition) is 5. The van der Waals surface area contributed by atoms with Crippen LogP contribution in [0.3, 0.4) is 0 Å². The summed E-state index contributed by atoms with van der Waals surface area (Å²) in [5, 5.41) is 3.52. The third kappa shape index (κ3) is 4.86. The number of nitrogens with one attached hydrogen (secondary N) is 1. The van der Waals surface area contributed by atoms with E-state index in [1.54, 1.807) is 0 Å². The smallest absolute Gasteiger partial charge is 0.193 e. The summed E-state index contributed by atoms with van der Waals surface area (Å²) < 4.78 is 11.2. The second-order valence-electron chi connectivity index (χ2n) is 6.63. The van der Waals surface area contributed by atoms with Gasteiger partial charge in [0, 0.05) is 58.1 Å². The van der Waals surface area contributed by atoms with Crippen molar-refractivity contribution in [2.24, 2.45) is 4.99 Å². The number of rotatable bonds is 5. The first kappa shape index (κ1) is 18.9. The number of morpholine rings is 1. The highest BCUT2D eigenvalue weighted by molar-refractivity contribution is 5.80. The lowest BCUT2D eigenvalue weighted by molar-refractivity contribution is 0.0263. The molecular weight excluding hydrogens is 330 g/mol. The van der Waals surface area contributed by atoms with Crippen LogP contribution in [0.5, 0.6) is 0 Å². The summed E-state index contributed by atoms with van der Waals surface area (Å²) in [5.41, 5.74) is 1.19. The van der Waals surface area contributed by atoms with Crippen molar-refractivity contribution in [2.75, 3.05) is 57.9 Å². The summed E-state index contributed by atoms with van der Waals surface area (Å²) in [6.07, 6.45) is 4.36. The van der Waals surface area contributed by atoms with Crippen LogP contribution in [0.4, 0.5) is 5.82 Å². The summed E-state index contributed by atoms with van der Waals surface area (Å²) in [5.74, 6) is 2.01. The number of aliphatic imine (C=N–C) groups is 1. The second kappa shape index (κ2) is 9.73. The lowest BCUT2D eigenvalue weighted by atomic mass is 10.1. The molecule has 0 atom stereocenters. The fourth-order valence-electron chi connectivity index (χ4n) is 3.60. The molecule has 0 unspecified atom stereocenters. The van der Waals surface area contributed by atoms with Gasteiger partial charge in [0.25, 0.3) is 0 Å². The Morgan fingerprint density at radius 3 is 2.77 bits per heavy atom. The molecular formula is C19H31N5O2. The molecule has 7 nitrogen and oxygen atoms in total. The molecule has 0 amide bonds. The van der Waals surface area contributed by atoms with Crippen molar-refractivity contribution in [3.8, 4) is 0 Å². The van der Waals surface area contributed by atoms with Crippen LogP contribution in [-0.4, -0.2) is 75.0 Å². The van der Waals surface area contributed by atoms with E-state index < -0.39 is 0 Å². The largest absolute Gasteiger partial charge is 0.378 e. The lowest BCUT2D eigenvalue weighted by Crippen LogP contribution is -2.47. The maximum atomic E-state index is 5.75. The first-order valence-corrected chi connectivity index (χ1v) is 9.65. The van der Waals surface area contributed by atoms with Crippen LogP contribution in [0.25, 0.3) is 0 Å². The van der Waals surface area contributed by atoms with E-state index in [1.165, 1.54) is 5.56 Å². The van der Waals surface area contributed by atoms with E-state index in [4.69, 9.17) is 9.47 Å². The lowest BCUT2D eigenvalue weighted by Gasteiger charge is -2.34. The monoisotopic (exact) mass is 361 g/mol. The van der Waals surface area contributed by atoms with Gasteiger partial charge in [-0.15, -0.1) is 0 Å². The van der Waals surface area contributed by atoms with Crippen LogP contribution < -0.4 is 10.2 Å². The van der Waals surface area contributed by atoms with Crippen LogP contribution in [0.15, 0.2) is 23.3 Å². The van der Waals surface area contributed by atoms with Crippen molar-refractivity contribution in [3.63, 3.8) is 0 Å². The molecule has 1 N–H and O–H groups in total. The number of ether oxygens (including phenoxy) is 2. The Bertz CT molecular complexity index is 581. The number of pyridine rings is 1. The highest BCUT2D eigenvalue weighted by Gasteiger charge is 2.22. The van der Waals surface area contributed by atoms with Crippen molar-refractivity contribution in [1.29, 1.82) is 0 Å². The summed E-state index contributed by atoms with van der Waals surface area (Å²) >= 11 is 0. The van der Waals surface area contributed by atoms with E-state index in [9.17, 15) is 0 Å². The normalized spacial score (nSPS) is 19.7. The Morgan fingerprint density at radius 2 is 2.08 bits per heavy atom. The number of likely N-dealkylation sites (tertiary alicyclic amines) is 1. The van der Waals surface area contributed by atoms with Crippen LogP contribution >= 0.6 is 0 Å². The van der Waals surface area contributed by atoms with E-state index >= 15 is 0 Å². The van der Waals surface area contributed by atoms with Gasteiger partial charge in [-0.25, -0.2) is 4.98 Å². The van der Waals surface area contributed by atoms with Gasteiger partial charge in [0.1, 0.15) is 5.82 Å². The first-order chi connectivity index (χ1) is 12.8. The minimum atomic E-state index is 0.389. The SMILES string of the molecule is CCOC1CCN(C(=NC)NCc2cccnc2N2CCOCC2)CC1. The summed E-state index contributed by atoms with van der Waals surface area (Å²) in [4.78, 5) is 13.7. The van der Waals surface area contributed by atoms with Crippen molar-refractivity contribution in [3.05, 3.63) is 23.9 Å². The van der Waals surface area contributed by atoms with Gasteiger partial charge in [-0.3, -0.25) is 4.99 Å². The van der Waals surface area contributed by atoms with Gasteiger partial charge >= 0.3 is 0 Å². The zero-order chi connectivity index (χ0) is 18.2. The molecule has 1 aromatic heterocycles. The summed E-state index contributed by atoms with van der Waals surface area (Å²) in [6.45, 7) is 8.85. The van der Waals surface area contributed by atoms with Gasteiger partial charge < -0.3 is 24.6 Å². The molecule has 0 aliphatic carbocycles. The molecule has 0 aromatic carbocycles. The number of aromatic nitrogens is 1. The van der Waals surface area contributed by atoms with Gasteiger partial charge in [0.2, 0.25) is 0 Å². The first-order valence-electron chi connectivity index (χ1n) is 9.65. The predicted molar refractivity (Wildman–Crippen MR) is 104 cm³/mol. The Kier molecular flexibility index (Phi) is 7.08. The highest BCUT2D eigenvalue weighted by atomic mass is 16.5. The number of hydrogen-bond donors (Lipinski definition) is 1. The second-order valence-corrected chi connectivity index (χ2v) is 6.63. The standard InChI is InChI=1S/C19H31N5O2/c1-3-26-17-6-9-24(10-7-17)19(20-2)22-15-16-5-4-8-21-18(16)23-11-13-25-14-12-23/h4-5,8,17H,3,6-7,9-15H2,1-2H3,(H,20,22). The molecule has 2 saturated heterocycles. The Morgan fingerprint density at radius 1 is 1.31 bits per heavy atom. The number of nitrogens with zero attached hydrogens (tertiary/aromatic N) is 4. The molecule has 3 heterocycles. The minimum Gasteiger partial charge on any atom is -0.378 e. The fraction of sp³-hybridized carbons (Fsp3) is 0.684. The van der Waals surface area contributed by atoms with Crippen LogP contribution in [0.1, 0.15) is 25.3 Å². The van der Waals surface area contributed by atoms with E-state index in [0.717, 1.165) is 77.2 Å².